The van der Waals surface area contributed by atoms with Gasteiger partial charge in [-0.05, 0) is 54.4 Å². The van der Waals surface area contributed by atoms with Crippen molar-refractivity contribution in [1.82, 2.24) is 15.3 Å². The summed E-state index contributed by atoms with van der Waals surface area (Å²) in [5, 5.41) is 3.05. The van der Waals surface area contributed by atoms with E-state index in [9.17, 15) is 9.59 Å². The van der Waals surface area contributed by atoms with E-state index in [1.807, 2.05) is 34.6 Å². The largest absolute Gasteiger partial charge is 0.461 e. The maximum atomic E-state index is 12.4. The summed E-state index contributed by atoms with van der Waals surface area (Å²) >= 11 is 0. The maximum Gasteiger partial charge on any atom is 0.407 e. The first-order chi connectivity index (χ1) is 14.5. The fourth-order valence-corrected chi connectivity index (χ4v) is 4.33. The highest BCUT2D eigenvalue weighted by atomic mass is 16.6. The molecule has 0 saturated carbocycles. The quantitative estimate of drug-likeness (QED) is 0.722. The van der Waals surface area contributed by atoms with Gasteiger partial charge in [-0.1, -0.05) is 0 Å². The summed E-state index contributed by atoms with van der Waals surface area (Å²) in [6, 6.07) is -0.141. The lowest BCUT2D eigenvalue weighted by Gasteiger charge is -2.43. The van der Waals surface area contributed by atoms with Gasteiger partial charge in [0.05, 0.1) is 31.1 Å². The van der Waals surface area contributed by atoms with Gasteiger partial charge < -0.3 is 24.4 Å². The standard InChI is InChI=1S/C22H34N4O5/c1-7-29-19(27)16-18(24-14(2)12-23-16)26-10-8-22(9-11-26)13-30-15(3)17(22)25-20(28)31-21(4,5)6/h12,15,17H,7-11,13H2,1-6H3,(H,25,28)/t15-,17+/m0/s1. The van der Waals surface area contributed by atoms with Crippen molar-refractivity contribution in [3.8, 4) is 0 Å². The molecule has 0 aromatic carbocycles. The van der Waals surface area contributed by atoms with Crippen molar-refractivity contribution in [3.05, 3.63) is 17.6 Å². The third-order valence-corrected chi connectivity index (χ3v) is 5.84. The topological polar surface area (TPSA) is 103 Å². The van der Waals surface area contributed by atoms with Gasteiger partial charge in [0, 0.05) is 24.7 Å². The Kier molecular flexibility index (Phi) is 6.73. The summed E-state index contributed by atoms with van der Waals surface area (Å²) in [6.07, 6.45) is 2.62. The summed E-state index contributed by atoms with van der Waals surface area (Å²) in [5.41, 5.74) is 0.235. The molecular weight excluding hydrogens is 400 g/mol. The zero-order valence-corrected chi connectivity index (χ0v) is 19.4. The van der Waals surface area contributed by atoms with Gasteiger partial charge in [-0.3, -0.25) is 0 Å². The molecule has 9 nitrogen and oxygen atoms in total. The molecule has 3 heterocycles. The first-order valence-corrected chi connectivity index (χ1v) is 10.9. The molecule has 2 fully saturated rings. The Labute approximate surface area is 183 Å². The number of anilines is 1. The van der Waals surface area contributed by atoms with E-state index < -0.39 is 17.7 Å². The number of carbonyl (C=O) groups excluding carboxylic acids is 2. The van der Waals surface area contributed by atoms with Crippen LogP contribution in [0.2, 0.25) is 0 Å². The van der Waals surface area contributed by atoms with Gasteiger partial charge in [0.2, 0.25) is 0 Å². The van der Waals surface area contributed by atoms with E-state index in [0.29, 0.717) is 25.5 Å². The Morgan fingerprint density at radius 2 is 2.00 bits per heavy atom. The molecule has 172 valence electrons. The molecular formula is C22H34N4O5. The molecule has 1 aromatic rings. The van der Waals surface area contributed by atoms with E-state index >= 15 is 0 Å². The maximum absolute atomic E-state index is 12.4. The Hall–Kier alpha value is -2.42. The van der Waals surface area contributed by atoms with Crippen LogP contribution in [0.1, 0.15) is 63.6 Å². The smallest absolute Gasteiger partial charge is 0.407 e. The molecule has 31 heavy (non-hydrogen) atoms. The van der Waals surface area contributed by atoms with Crippen LogP contribution in [-0.4, -0.2) is 66.1 Å². The number of rotatable bonds is 4. The van der Waals surface area contributed by atoms with Gasteiger partial charge in [0.1, 0.15) is 5.60 Å². The summed E-state index contributed by atoms with van der Waals surface area (Å²) in [5.74, 6) is 0.0875. The summed E-state index contributed by atoms with van der Waals surface area (Å²) in [4.78, 5) is 35.7. The van der Waals surface area contributed by atoms with Crippen LogP contribution < -0.4 is 10.2 Å². The fraction of sp³-hybridized carbons (Fsp3) is 0.727. The third kappa shape index (κ3) is 5.26. The van der Waals surface area contributed by atoms with E-state index in [0.717, 1.165) is 18.5 Å². The number of amides is 1. The average Bonchev–Trinajstić information content (AvgIpc) is 2.97. The van der Waals surface area contributed by atoms with Gasteiger partial charge in [0.25, 0.3) is 0 Å². The number of hydrogen-bond donors (Lipinski definition) is 1. The van der Waals surface area contributed by atoms with Crippen LogP contribution in [0.3, 0.4) is 0 Å². The second-order valence-corrected chi connectivity index (χ2v) is 9.39. The monoisotopic (exact) mass is 434 g/mol. The van der Waals surface area contributed by atoms with Gasteiger partial charge in [0.15, 0.2) is 11.5 Å². The summed E-state index contributed by atoms with van der Waals surface area (Å²) < 4.78 is 16.6. The van der Waals surface area contributed by atoms with Gasteiger partial charge in [-0.2, -0.15) is 0 Å². The van der Waals surface area contributed by atoms with Gasteiger partial charge in [-0.15, -0.1) is 0 Å². The predicted molar refractivity (Wildman–Crippen MR) is 115 cm³/mol. The average molecular weight is 435 g/mol. The molecule has 1 N–H and O–H groups in total. The van der Waals surface area contributed by atoms with E-state index in [1.54, 1.807) is 13.1 Å². The molecule has 9 heteroatoms. The Morgan fingerprint density at radius 1 is 1.32 bits per heavy atom. The minimum atomic E-state index is -0.559. The Bertz CT molecular complexity index is 815. The van der Waals surface area contributed by atoms with Crippen LogP contribution in [-0.2, 0) is 14.2 Å². The van der Waals surface area contributed by atoms with E-state index in [1.165, 1.54) is 0 Å². The molecule has 2 atom stereocenters. The number of aryl methyl sites for hydroxylation is 1. The van der Waals surface area contributed by atoms with Crippen LogP contribution in [0.4, 0.5) is 10.6 Å². The number of alkyl carbamates (subject to hydrolysis) is 1. The summed E-state index contributed by atoms with van der Waals surface area (Å²) in [7, 11) is 0. The predicted octanol–water partition coefficient (Wildman–Crippen LogP) is 2.86. The highest BCUT2D eigenvalue weighted by Gasteiger charge is 2.50. The fourth-order valence-electron chi connectivity index (χ4n) is 4.33. The Morgan fingerprint density at radius 3 is 2.61 bits per heavy atom. The van der Waals surface area contributed by atoms with E-state index in [2.05, 4.69) is 20.2 Å². The number of esters is 1. The number of nitrogens with zero attached hydrogens (tertiary/aromatic N) is 3. The lowest BCUT2D eigenvalue weighted by atomic mass is 9.73. The molecule has 0 aliphatic carbocycles. The number of ether oxygens (including phenoxy) is 3. The first kappa shape index (κ1) is 23.2. The molecule has 0 bridgehead atoms. The highest BCUT2D eigenvalue weighted by molar-refractivity contribution is 5.92. The zero-order valence-electron chi connectivity index (χ0n) is 19.4. The second-order valence-electron chi connectivity index (χ2n) is 9.39. The lowest BCUT2D eigenvalue weighted by molar-refractivity contribution is 0.0432. The normalized spacial score (nSPS) is 23.0. The van der Waals surface area contributed by atoms with E-state index in [4.69, 9.17) is 14.2 Å². The second kappa shape index (κ2) is 8.98. The number of carbonyl (C=O) groups is 2. The number of hydrogen-bond acceptors (Lipinski definition) is 8. The van der Waals surface area contributed by atoms with Crippen molar-refractivity contribution in [3.63, 3.8) is 0 Å². The van der Waals surface area contributed by atoms with Crippen LogP contribution >= 0.6 is 0 Å². The SMILES string of the molecule is CCOC(=O)c1ncc(C)nc1N1CCC2(CC1)CO[C@@H](C)[C@H]2NC(=O)OC(C)(C)C. The number of nitrogens with one attached hydrogen (secondary N) is 1. The molecule has 0 unspecified atom stereocenters. The summed E-state index contributed by atoms with van der Waals surface area (Å²) in [6.45, 7) is 13.3. The molecule has 2 aliphatic rings. The van der Waals surface area contributed by atoms with Gasteiger partial charge in [-0.25, -0.2) is 19.6 Å². The highest BCUT2D eigenvalue weighted by Crippen LogP contribution is 2.43. The van der Waals surface area contributed by atoms with Crippen LogP contribution in [0.25, 0.3) is 0 Å². The van der Waals surface area contributed by atoms with Crippen molar-refractivity contribution in [2.75, 3.05) is 31.2 Å². The van der Waals surface area contributed by atoms with Crippen LogP contribution in [0.5, 0.6) is 0 Å². The minimum absolute atomic E-state index is 0.104. The van der Waals surface area contributed by atoms with Crippen molar-refractivity contribution in [2.45, 2.75) is 72.1 Å². The van der Waals surface area contributed by atoms with Crippen molar-refractivity contribution >= 4 is 17.9 Å². The molecule has 1 aromatic heterocycles. The molecule has 2 saturated heterocycles. The molecule has 1 spiro atoms. The lowest BCUT2D eigenvalue weighted by Crippen LogP contribution is -2.55. The number of aromatic nitrogens is 2. The molecule has 3 rings (SSSR count). The van der Waals surface area contributed by atoms with Crippen molar-refractivity contribution in [2.24, 2.45) is 5.41 Å². The molecule has 0 radical (unpaired) electrons. The minimum Gasteiger partial charge on any atom is -0.461 e. The van der Waals surface area contributed by atoms with Crippen LogP contribution in [0, 0.1) is 12.3 Å². The van der Waals surface area contributed by atoms with E-state index in [-0.39, 0.29) is 29.9 Å². The molecule has 2 aliphatic heterocycles. The van der Waals surface area contributed by atoms with Crippen molar-refractivity contribution in [1.29, 1.82) is 0 Å². The van der Waals surface area contributed by atoms with Crippen molar-refractivity contribution < 1.29 is 23.8 Å². The zero-order chi connectivity index (χ0) is 22.8. The molecule has 1 amide bonds. The number of piperidine rings is 1. The van der Waals surface area contributed by atoms with Gasteiger partial charge >= 0.3 is 12.1 Å². The van der Waals surface area contributed by atoms with Crippen LogP contribution in [0.15, 0.2) is 6.20 Å². The Balaban J connectivity index is 1.74. The first-order valence-electron chi connectivity index (χ1n) is 10.9. The third-order valence-electron chi connectivity index (χ3n) is 5.84.